The van der Waals surface area contributed by atoms with Crippen LogP contribution in [-0.2, 0) is 0 Å². The number of nitrogens with two attached hydrogens (primary N) is 1. The first-order valence-electron chi connectivity index (χ1n) is 5.56. The molecule has 2 N–H and O–H groups in total. The van der Waals surface area contributed by atoms with Crippen LogP contribution in [-0.4, -0.2) is 6.04 Å². The summed E-state index contributed by atoms with van der Waals surface area (Å²) in [6, 6.07) is 21.1. The SMILES string of the molecule is CC(C)N.c1ccc(-c2ccccc2)cc1. The standard InChI is InChI=1S/C12H10.C3H9N/c1-3-7-11(8-4-1)12-9-5-2-6-10-12;1-3(2)4/h1-10H;3H,4H2,1-2H3. The van der Waals surface area contributed by atoms with Gasteiger partial charge in [-0.25, -0.2) is 0 Å². The molecule has 0 saturated carbocycles. The summed E-state index contributed by atoms with van der Waals surface area (Å²) < 4.78 is 0. The van der Waals surface area contributed by atoms with E-state index >= 15 is 0 Å². The van der Waals surface area contributed by atoms with Crippen LogP contribution in [0.2, 0.25) is 0 Å². The number of benzene rings is 2. The zero-order valence-electron chi connectivity index (χ0n) is 9.93. The normalized spacial score (nSPS) is 9.50. The van der Waals surface area contributed by atoms with Crippen molar-refractivity contribution in [2.75, 3.05) is 0 Å². The molecule has 2 aromatic rings. The molecule has 2 rings (SSSR count). The molecule has 2 aromatic carbocycles. The molecule has 0 aliphatic carbocycles. The van der Waals surface area contributed by atoms with Gasteiger partial charge in [0.1, 0.15) is 0 Å². The molecule has 1 nitrogen and oxygen atoms in total. The van der Waals surface area contributed by atoms with Crippen molar-refractivity contribution in [3.05, 3.63) is 60.7 Å². The number of hydrogen-bond donors (Lipinski definition) is 1. The summed E-state index contributed by atoms with van der Waals surface area (Å²) in [7, 11) is 0. The summed E-state index contributed by atoms with van der Waals surface area (Å²) in [6.45, 7) is 3.89. The quantitative estimate of drug-likeness (QED) is 0.768. The van der Waals surface area contributed by atoms with E-state index in [1.54, 1.807) is 0 Å². The lowest BCUT2D eigenvalue weighted by atomic mass is 10.1. The lowest BCUT2D eigenvalue weighted by molar-refractivity contribution is 0.834. The van der Waals surface area contributed by atoms with Crippen LogP contribution in [0.1, 0.15) is 13.8 Å². The maximum atomic E-state index is 5.11. The highest BCUT2D eigenvalue weighted by atomic mass is 14.6. The van der Waals surface area contributed by atoms with Crippen molar-refractivity contribution in [1.29, 1.82) is 0 Å². The highest BCUT2D eigenvalue weighted by Crippen LogP contribution is 2.17. The van der Waals surface area contributed by atoms with E-state index in [9.17, 15) is 0 Å². The highest BCUT2D eigenvalue weighted by molar-refractivity contribution is 5.62. The number of hydrogen-bond acceptors (Lipinski definition) is 1. The first-order valence-corrected chi connectivity index (χ1v) is 5.56. The van der Waals surface area contributed by atoms with Gasteiger partial charge in [-0.15, -0.1) is 0 Å². The molecular weight excluding hydrogens is 194 g/mol. The molecule has 1 heteroatoms. The summed E-state index contributed by atoms with van der Waals surface area (Å²) >= 11 is 0. The maximum Gasteiger partial charge on any atom is -0.00179 e. The Morgan fingerprint density at radius 2 is 0.938 bits per heavy atom. The Labute approximate surface area is 97.9 Å². The van der Waals surface area contributed by atoms with E-state index in [-0.39, 0.29) is 0 Å². The Morgan fingerprint density at radius 3 is 1.19 bits per heavy atom. The molecule has 84 valence electrons. The van der Waals surface area contributed by atoms with Crippen LogP contribution in [0.25, 0.3) is 11.1 Å². The predicted octanol–water partition coefficient (Wildman–Crippen LogP) is 3.71. The number of rotatable bonds is 1. The van der Waals surface area contributed by atoms with E-state index in [1.165, 1.54) is 11.1 Å². The fourth-order valence-electron chi connectivity index (χ4n) is 1.26. The van der Waals surface area contributed by atoms with Crippen LogP contribution < -0.4 is 5.73 Å². The highest BCUT2D eigenvalue weighted by Gasteiger charge is 1.91. The van der Waals surface area contributed by atoms with Gasteiger partial charge in [0.25, 0.3) is 0 Å². The van der Waals surface area contributed by atoms with Crippen molar-refractivity contribution in [1.82, 2.24) is 0 Å². The molecular formula is C15H19N. The van der Waals surface area contributed by atoms with Crippen molar-refractivity contribution in [2.45, 2.75) is 19.9 Å². The van der Waals surface area contributed by atoms with E-state index in [0.29, 0.717) is 6.04 Å². The third kappa shape index (κ3) is 4.76. The molecule has 0 heterocycles. The molecule has 0 bridgehead atoms. The Bertz CT molecular complexity index is 338. The average molecular weight is 213 g/mol. The van der Waals surface area contributed by atoms with Crippen molar-refractivity contribution in [2.24, 2.45) is 5.73 Å². The van der Waals surface area contributed by atoms with Gasteiger partial charge in [-0.2, -0.15) is 0 Å². The second-order valence-electron chi connectivity index (χ2n) is 3.98. The third-order valence-electron chi connectivity index (χ3n) is 1.88. The Kier molecular flexibility index (Phi) is 5.30. The lowest BCUT2D eigenvalue weighted by Gasteiger charge is -1.98. The van der Waals surface area contributed by atoms with E-state index in [2.05, 4.69) is 48.5 Å². The van der Waals surface area contributed by atoms with Crippen LogP contribution in [0.4, 0.5) is 0 Å². The van der Waals surface area contributed by atoms with Crippen LogP contribution in [0.5, 0.6) is 0 Å². The second-order valence-corrected chi connectivity index (χ2v) is 3.98. The van der Waals surface area contributed by atoms with Gasteiger partial charge in [0.2, 0.25) is 0 Å². The predicted molar refractivity (Wildman–Crippen MR) is 71.2 cm³/mol. The molecule has 0 spiro atoms. The summed E-state index contributed by atoms with van der Waals surface area (Å²) in [4.78, 5) is 0. The zero-order valence-corrected chi connectivity index (χ0v) is 9.93. The third-order valence-corrected chi connectivity index (χ3v) is 1.88. The maximum absolute atomic E-state index is 5.11. The van der Waals surface area contributed by atoms with Gasteiger partial charge in [-0.3, -0.25) is 0 Å². The van der Waals surface area contributed by atoms with E-state index in [4.69, 9.17) is 5.73 Å². The van der Waals surface area contributed by atoms with Crippen molar-refractivity contribution < 1.29 is 0 Å². The van der Waals surface area contributed by atoms with Crippen LogP contribution in [0, 0.1) is 0 Å². The largest absolute Gasteiger partial charge is 0.328 e. The molecule has 16 heavy (non-hydrogen) atoms. The minimum Gasteiger partial charge on any atom is -0.328 e. The van der Waals surface area contributed by atoms with E-state index < -0.39 is 0 Å². The molecule has 0 aliphatic rings. The minimum absolute atomic E-state index is 0.333. The Morgan fingerprint density at radius 1 is 0.688 bits per heavy atom. The molecule has 0 aliphatic heterocycles. The molecule has 0 fully saturated rings. The molecule has 0 atom stereocenters. The van der Waals surface area contributed by atoms with Gasteiger partial charge < -0.3 is 5.73 Å². The molecule has 0 radical (unpaired) electrons. The summed E-state index contributed by atoms with van der Waals surface area (Å²) in [6.07, 6.45) is 0. The summed E-state index contributed by atoms with van der Waals surface area (Å²) in [5.41, 5.74) is 7.66. The van der Waals surface area contributed by atoms with Crippen LogP contribution in [0.3, 0.4) is 0 Å². The Balaban J connectivity index is 0.000000280. The Hall–Kier alpha value is -1.60. The van der Waals surface area contributed by atoms with E-state index in [1.807, 2.05) is 26.0 Å². The van der Waals surface area contributed by atoms with Gasteiger partial charge in [0.15, 0.2) is 0 Å². The van der Waals surface area contributed by atoms with Crippen molar-refractivity contribution in [3.8, 4) is 11.1 Å². The first kappa shape index (κ1) is 12.5. The average Bonchev–Trinajstić information content (AvgIpc) is 2.31. The van der Waals surface area contributed by atoms with Gasteiger partial charge >= 0.3 is 0 Å². The summed E-state index contributed by atoms with van der Waals surface area (Å²) in [5, 5.41) is 0. The topological polar surface area (TPSA) is 26.0 Å². The minimum atomic E-state index is 0.333. The van der Waals surface area contributed by atoms with Gasteiger partial charge in [-0.05, 0) is 17.2 Å². The second kappa shape index (κ2) is 6.81. The lowest BCUT2D eigenvalue weighted by Crippen LogP contribution is -2.06. The first-order chi connectivity index (χ1) is 7.70. The van der Waals surface area contributed by atoms with Crippen LogP contribution in [0.15, 0.2) is 60.7 Å². The van der Waals surface area contributed by atoms with Gasteiger partial charge in [0, 0.05) is 0 Å². The monoisotopic (exact) mass is 213 g/mol. The fourth-order valence-corrected chi connectivity index (χ4v) is 1.26. The summed E-state index contributed by atoms with van der Waals surface area (Å²) in [5.74, 6) is 0. The fraction of sp³-hybridized carbons (Fsp3) is 0.200. The zero-order chi connectivity index (χ0) is 11.8. The molecule has 0 aromatic heterocycles. The van der Waals surface area contributed by atoms with Gasteiger partial charge in [0.05, 0.1) is 0 Å². The molecule has 0 unspecified atom stereocenters. The molecule has 0 saturated heterocycles. The van der Waals surface area contributed by atoms with Crippen molar-refractivity contribution in [3.63, 3.8) is 0 Å². The smallest absolute Gasteiger partial charge is 0.00179 e. The van der Waals surface area contributed by atoms with E-state index in [0.717, 1.165) is 0 Å². The van der Waals surface area contributed by atoms with Gasteiger partial charge in [-0.1, -0.05) is 74.5 Å². The van der Waals surface area contributed by atoms with Crippen LogP contribution >= 0.6 is 0 Å². The van der Waals surface area contributed by atoms with Crippen molar-refractivity contribution >= 4 is 0 Å². The molecule has 0 amide bonds.